The lowest BCUT2D eigenvalue weighted by atomic mass is 10.4. The van der Waals surface area contributed by atoms with Gasteiger partial charge in [-0.2, -0.15) is 0 Å². The topological polar surface area (TPSA) is 0 Å². The molecule has 0 aliphatic rings. The van der Waals surface area contributed by atoms with Crippen LogP contribution < -0.4 is 0 Å². The first-order valence-corrected chi connectivity index (χ1v) is 19.9. The first kappa shape index (κ1) is 30.2. The molecule has 180 valence electrons. The smallest absolute Gasteiger partial charge is 0.0573 e. The number of unbranched alkanes of at least 4 members (excludes halogenated alkanes) is 6. The molecule has 0 saturated heterocycles. The van der Waals surface area contributed by atoms with Gasteiger partial charge in [0, 0.05) is 0 Å². The van der Waals surface area contributed by atoms with Crippen molar-refractivity contribution in [1.82, 2.24) is 0 Å². The van der Waals surface area contributed by atoms with Gasteiger partial charge in [-0.15, -0.1) is 0 Å². The highest BCUT2D eigenvalue weighted by Gasteiger charge is 2.31. The summed E-state index contributed by atoms with van der Waals surface area (Å²) < 4.78 is 0. The Balaban J connectivity index is 5.27. The minimum absolute atomic E-state index is 1.10. The van der Waals surface area contributed by atoms with Crippen molar-refractivity contribution in [3.05, 3.63) is 12.2 Å². The third kappa shape index (κ3) is 13.6. The van der Waals surface area contributed by atoms with E-state index < -0.39 is 16.1 Å². The highest BCUT2D eigenvalue weighted by molar-refractivity contribution is 6.81. The maximum Gasteiger partial charge on any atom is 0.0573 e. The van der Waals surface area contributed by atoms with Crippen LogP contribution in [0.2, 0.25) is 48.4 Å². The molecule has 0 aliphatic carbocycles. The van der Waals surface area contributed by atoms with Gasteiger partial charge in [-0.1, -0.05) is 167 Å². The van der Waals surface area contributed by atoms with E-state index in [9.17, 15) is 0 Å². The third-order valence-corrected chi connectivity index (χ3v) is 18.3. The molecule has 0 aromatic carbocycles. The summed E-state index contributed by atoms with van der Waals surface area (Å²) in [4.78, 5) is 0. The fourth-order valence-electron chi connectivity index (χ4n) is 5.34. The van der Waals surface area contributed by atoms with Crippen molar-refractivity contribution in [3.63, 3.8) is 0 Å². The molecule has 0 aliphatic heterocycles. The quantitative estimate of drug-likeness (QED) is 0.113. The van der Waals surface area contributed by atoms with E-state index in [1.165, 1.54) is 89.1 Å². The Bertz CT molecular complexity index is 309. The van der Waals surface area contributed by atoms with Gasteiger partial charge in [0.1, 0.15) is 0 Å². The van der Waals surface area contributed by atoms with Gasteiger partial charge >= 0.3 is 0 Å². The van der Waals surface area contributed by atoms with Gasteiger partial charge < -0.3 is 0 Å². The second-order valence-electron chi connectivity index (χ2n) is 10.5. The molecule has 0 aromatic heterocycles. The van der Waals surface area contributed by atoms with Crippen LogP contribution in [0.1, 0.15) is 119 Å². The lowest BCUT2D eigenvalue weighted by molar-refractivity contribution is 0.788. The third-order valence-electron chi connectivity index (χ3n) is 7.63. The van der Waals surface area contributed by atoms with E-state index in [4.69, 9.17) is 0 Å². The van der Waals surface area contributed by atoms with E-state index in [0.717, 1.165) is 0 Å². The molecular formula is C28H60Si2. The van der Waals surface area contributed by atoms with Crippen LogP contribution in [0.5, 0.6) is 0 Å². The van der Waals surface area contributed by atoms with Gasteiger partial charge in [0.2, 0.25) is 0 Å². The SMILES string of the molecule is CCCC[Si](C/C=C\C[Si](CCCC)(CCCC)CCCC)(CCCC)CCCC. The van der Waals surface area contributed by atoms with Crippen LogP contribution in [0.15, 0.2) is 12.2 Å². The minimum atomic E-state index is -1.10. The number of rotatable bonds is 22. The van der Waals surface area contributed by atoms with Gasteiger partial charge in [-0.25, -0.2) is 0 Å². The molecule has 0 saturated carbocycles. The summed E-state index contributed by atoms with van der Waals surface area (Å²) in [7, 11) is -2.20. The summed E-state index contributed by atoms with van der Waals surface area (Å²) in [5.74, 6) is 0. The number of allylic oxidation sites excluding steroid dienone is 2. The molecule has 0 unspecified atom stereocenters. The van der Waals surface area contributed by atoms with Crippen molar-refractivity contribution in [3.8, 4) is 0 Å². The number of hydrogen-bond acceptors (Lipinski definition) is 0. The van der Waals surface area contributed by atoms with E-state index in [0.29, 0.717) is 0 Å². The highest BCUT2D eigenvalue weighted by atomic mass is 28.3. The van der Waals surface area contributed by atoms with E-state index in [-0.39, 0.29) is 0 Å². The van der Waals surface area contributed by atoms with Gasteiger partial charge in [-0.3, -0.25) is 0 Å². The molecule has 0 heterocycles. The molecule has 0 fully saturated rings. The largest absolute Gasteiger partial charge is 0.0915 e. The zero-order valence-corrected chi connectivity index (χ0v) is 24.3. The lowest BCUT2D eigenvalue weighted by Crippen LogP contribution is -2.34. The van der Waals surface area contributed by atoms with Gasteiger partial charge in [0.05, 0.1) is 16.1 Å². The second-order valence-corrected chi connectivity index (χ2v) is 20.3. The molecule has 0 N–H and O–H groups in total. The maximum absolute atomic E-state index is 2.73. The first-order valence-electron chi connectivity index (χ1n) is 14.2. The average Bonchev–Trinajstić information content (AvgIpc) is 2.77. The molecule has 0 rings (SSSR count). The van der Waals surface area contributed by atoms with E-state index in [1.807, 2.05) is 0 Å². The van der Waals surface area contributed by atoms with E-state index in [2.05, 4.69) is 53.7 Å². The van der Waals surface area contributed by atoms with E-state index >= 15 is 0 Å². The molecule has 0 nitrogen and oxygen atoms in total. The first-order chi connectivity index (χ1) is 14.6. The van der Waals surface area contributed by atoms with Crippen LogP contribution in [0, 0.1) is 0 Å². The highest BCUT2D eigenvalue weighted by Crippen LogP contribution is 2.35. The standard InChI is InChI=1S/C28H60Si2/c1-7-13-21-29(22-14-8-2,23-15-9-3)27-19-20-28-30(24-16-10-4,25-17-11-5)26-18-12-6/h19-20H,7-18,21-28H2,1-6H3/b20-19-. The summed E-state index contributed by atoms with van der Waals surface area (Å²) in [6.45, 7) is 14.4. The summed E-state index contributed by atoms with van der Waals surface area (Å²) in [6.07, 6.45) is 22.7. The molecule has 0 radical (unpaired) electrons. The zero-order chi connectivity index (χ0) is 22.6. The zero-order valence-electron chi connectivity index (χ0n) is 22.3. The molecule has 0 spiro atoms. The molecule has 2 heteroatoms. The Labute approximate surface area is 195 Å². The summed E-state index contributed by atoms with van der Waals surface area (Å²) in [5.41, 5.74) is 0. The summed E-state index contributed by atoms with van der Waals surface area (Å²) >= 11 is 0. The van der Waals surface area contributed by atoms with Gasteiger partial charge in [0.15, 0.2) is 0 Å². The molecule has 30 heavy (non-hydrogen) atoms. The van der Waals surface area contributed by atoms with Crippen LogP contribution in [0.4, 0.5) is 0 Å². The Morgan fingerprint density at radius 3 is 0.733 bits per heavy atom. The average molecular weight is 453 g/mol. The van der Waals surface area contributed by atoms with Crippen LogP contribution in [-0.2, 0) is 0 Å². The Morgan fingerprint density at radius 1 is 0.367 bits per heavy atom. The summed E-state index contributed by atoms with van der Waals surface area (Å²) in [5, 5.41) is 0. The molecule has 0 atom stereocenters. The van der Waals surface area contributed by atoms with Crippen molar-refractivity contribution in [2.24, 2.45) is 0 Å². The Morgan fingerprint density at radius 2 is 0.567 bits per heavy atom. The number of hydrogen-bond donors (Lipinski definition) is 0. The fourth-order valence-corrected chi connectivity index (χ4v) is 16.0. The fraction of sp³-hybridized carbons (Fsp3) is 0.929. The lowest BCUT2D eigenvalue weighted by Gasteiger charge is -2.33. The van der Waals surface area contributed by atoms with Gasteiger partial charge in [0.25, 0.3) is 0 Å². The normalized spacial score (nSPS) is 12.9. The van der Waals surface area contributed by atoms with Crippen molar-refractivity contribution < 1.29 is 0 Å². The van der Waals surface area contributed by atoms with Crippen molar-refractivity contribution in [2.75, 3.05) is 0 Å². The molecule has 0 bridgehead atoms. The van der Waals surface area contributed by atoms with Crippen molar-refractivity contribution >= 4 is 16.1 Å². The Kier molecular flexibility index (Phi) is 19.9. The molecule has 0 aromatic rings. The monoisotopic (exact) mass is 452 g/mol. The maximum atomic E-state index is 2.73. The second kappa shape index (κ2) is 19.8. The van der Waals surface area contributed by atoms with Crippen molar-refractivity contribution in [1.29, 1.82) is 0 Å². The predicted octanol–water partition coefficient (Wildman–Crippen LogP) is 11.2. The van der Waals surface area contributed by atoms with Crippen LogP contribution in [0.25, 0.3) is 0 Å². The van der Waals surface area contributed by atoms with E-state index in [1.54, 1.807) is 36.3 Å². The predicted molar refractivity (Wildman–Crippen MR) is 149 cm³/mol. The van der Waals surface area contributed by atoms with Crippen LogP contribution in [0.3, 0.4) is 0 Å². The van der Waals surface area contributed by atoms with Crippen LogP contribution >= 0.6 is 0 Å². The Hall–Kier alpha value is 0.174. The molecular weight excluding hydrogens is 392 g/mol. The minimum Gasteiger partial charge on any atom is -0.0915 e. The van der Waals surface area contributed by atoms with Crippen molar-refractivity contribution in [2.45, 2.75) is 167 Å². The van der Waals surface area contributed by atoms with Crippen LogP contribution in [-0.4, -0.2) is 16.1 Å². The molecule has 0 amide bonds. The van der Waals surface area contributed by atoms with Gasteiger partial charge in [-0.05, 0) is 12.1 Å². The summed E-state index contributed by atoms with van der Waals surface area (Å²) in [6, 6.07) is 12.6.